The summed E-state index contributed by atoms with van der Waals surface area (Å²) in [4.78, 5) is 42.4. The van der Waals surface area contributed by atoms with Crippen molar-refractivity contribution in [3.8, 4) is 0 Å². The minimum atomic E-state index is -0.881. The summed E-state index contributed by atoms with van der Waals surface area (Å²) in [6.07, 6.45) is 1.10. The van der Waals surface area contributed by atoms with E-state index in [0.717, 1.165) is 36.5 Å². The third-order valence-electron chi connectivity index (χ3n) is 5.56. The maximum absolute atomic E-state index is 13.1. The zero-order chi connectivity index (χ0) is 21.5. The quantitative estimate of drug-likeness (QED) is 0.486. The summed E-state index contributed by atoms with van der Waals surface area (Å²) in [5, 5.41) is 2.94. The molecule has 0 radical (unpaired) electrons. The lowest BCUT2D eigenvalue weighted by Crippen LogP contribution is -2.51. The van der Waals surface area contributed by atoms with Crippen molar-refractivity contribution < 1.29 is 14.4 Å². The van der Waals surface area contributed by atoms with Crippen molar-refractivity contribution >= 4 is 17.7 Å². The first kappa shape index (κ1) is 21.7. The first-order chi connectivity index (χ1) is 14.6. The number of nitrogens with one attached hydrogen (secondary N) is 1. The molecule has 30 heavy (non-hydrogen) atoms. The van der Waals surface area contributed by atoms with Crippen LogP contribution in [-0.4, -0.2) is 59.7 Å². The van der Waals surface area contributed by atoms with Gasteiger partial charge in [-0.25, -0.2) is 0 Å². The summed E-state index contributed by atoms with van der Waals surface area (Å²) in [5.41, 5.74) is 1.61. The molecule has 0 spiro atoms. The molecule has 0 saturated heterocycles. The second-order valence-electron chi connectivity index (χ2n) is 7.40. The van der Waals surface area contributed by atoms with Gasteiger partial charge < -0.3 is 10.2 Å². The summed E-state index contributed by atoms with van der Waals surface area (Å²) in [5.74, 6) is -1.11. The average Bonchev–Trinajstić information content (AvgIpc) is 3.03. The normalized spacial score (nSPS) is 14.2. The summed E-state index contributed by atoms with van der Waals surface area (Å²) >= 11 is 0. The lowest BCUT2D eigenvalue weighted by molar-refractivity contribution is -0.125. The monoisotopic (exact) mass is 407 g/mol. The topological polar surface area (TPSA) is 69.7 Å². The third-order valence-corrected chi connectivity index (χ3v) is 5.56. The van der Waals surface area contributed by atoms with Crippen LogP contribution in [0.1, 0.15) is 46.5 Å². The highest BCUT2D eigenvalue weighted by molar-refractivity contribution is 6.22. The summed E-state index contributed by atoms with van der Waals surface area (Å²) < 4.78 is 0. The summed E-state index contributed by atoms with van der Waals surface area (Å²) in [6.45, 7) is 7.56. The molecule has 0 bridgehead atoms. The van der Waals surface area contributed by atoms with E-state index in [1.54, 1.807) is 24.3 Å². The third kappa shape index (κ3) is 4.76. The fraction of sp³-hybridized carbons (Fsp3) is 0.375. The maximum Gasteiger partial charge on any atom is 0.262 e. The number of rotatable bonds is 10. The van der Waals surface area contributed by atoms with Gasteiger partial charge in [-0.1, -0.05) is 56.3 Å². The van der Waals surface area contributed by atoms with Crippen LogP contribution in [0.15, 0.2) is 54.6 Å². The van der Waals surface area contributed by atoms with Crippen molar-refractivity contribution in [1.82, 2.24) is 15.1 Å². The zero-order valence-electron chi connectivity index (χ0n) is 17.6. The second kappa shape index (κ2) is 10.2. The zero-order valence-corrected chi connectivity index (χ0v) is 17.6. The molecule has 0 aliphatic carbocycles. The molecule has 2 aromatic rings. The molecule has 1 aliphatic heterocycles. The standard InChI is InChI=1S/C24H29N3O3/c1-3-26(4-2)16-10-15-25-22(28)21(17-18-11-6-5-7-12-18)27-23(29)19-13-8-9-14-20(19)24(27)30/h5-9,11-14,21H,3-4,10,15-17H2,1-2H3,(H,25,28)/t21-/m0/s1. The molecule has 0 fully saturated rings. The first-order valence-electron chi connectivity index (χ1n) is 10.6. The number of nitrogens with zero attached hydrogens (tertiary/aromatic N) is 2. The molecule has 1 aliphatic rings. The van der Waals surface area contributed by atoms with Crippen molar-refractivity contribution in [2.24, 2.45) is 0 Å². The van der Waals surface area contributed by atoms with Gasteiger partial charge in [0.25, 0.3) is 11.8 Å². The van der Waals surface area contributed by atoms with Crippen LogP contribution in [0.25, 0.3) is 0 Å². The molecule has 0 saturated carbocycles. The van der Waals surface area contributed by atoms with Crippen LogP contribution >= 0.6 is 0 Å². The summed E-state index contributed by atoms with van der Waals surface area (Å²) in [7, 11) is 0. The van der Waals surface area contributed by atoms with Crippen LogP contribution in [0.4, 0.5) is 0 Å². The van der Waals surface area contributed by atoms with Gasteiger partial charge in [0.2, 0.25) is 5.91 Å². The van der Waals surface area contributed by atoms with Crippen molar-refractivity contribution in [3.63, 3.8) is 0 Å². The van der Waals surface area contributed by atoms with Gasteiger partial charge in [0.1, 0.15) is 6.04 Å². The Morgan fingerprint density at radius 2 is 1.50 bits per heavy atom. The Labute approximate surface area is 177 Å². The van der Waals surface area contributed by atoms with E-state index in [4.69, 9.17) is 0 Å². The smallest absolute Gasteiger partial charge is 0.262 e. The first-order valence-corrected chi connectivity index (χ1v) is 10.6. The Balaban J connectivity index is 1.75. The Morgan fingerprint density at radius 3 is 2.07 bits per heavy atom. The van der Waals surface area contributed by atoms with E-state index < -0.39 is 17.9 Å². The van der Waals surface area contributed by atoms with Crippen molar-refractivity contribution in [3.05, 3.63) is 71.3 Å². The minimum absolute atomic E-state index is 0.286. The van der Waals surface area contributed by atoms with Gasteiger partial charge >= 0.3 is 0 Å². The molecule has 6 heteroatoms. The number of hydrogen-bond acceptors (Lipinski definition) is 4. The highest BCUT2D eigenvalue weighted by Gasteiger charge is 2.42. The number of hydrogen-bond donors (Lipinski definition) is 1. The van der Waals surface area contributed by atoms with Crippen LogP contribution in [0, 0.1) is 0 Å². The lowest BCUT2D eigenvalue weighted by Gasteiger charge is -2.26. The van der Waals surface area contributed by atoms with Crippen molar-refractivity contribution in [2.75, 3.05) is 26.2 Å². The molecule has 1 atom stereocenters. The number of carbonyl (C=O) groups is 3. The minimum Gasteiger partial charge on any atom is -0.354 e. The van der Waals surface area contributed by atoms with E-state index in [9.17, 15) is 14.4 Å². The van der Waals surface area contributed by atoms with E-state index in [0.29, 0.717) is 17.7 Å². The predicted octanol–water partition coefficient (Wildman–Crippen LogP) is 2.74. The Bertz CT molecular complexity index is 859. The highest BCUT2D eigenvalue weighted by atomic mass is 16.2. The fourth-order valence-corrected chi connectivity index (χ4v) is 3.80. The van der Waals surface area contributed by atoms with Gasteiger partial charge in [-0.05, 0) is 43.8 Å². The van der Waals surface area contributed by atoms with E-state index in [1.165, 1.54) is 0 Å². The maximum atomic E-state index is 13.1. The molecule has 6 nitrogen and oxygen atoms in total. The van der Waals surface area contributed by atoms with E-state index in [2.05, 4.69) is 24.1 Å². The van der Waals surface area contributed by atoms with Crippen LogP contribution in [0.3, 0.4) is 0 Å². The van der Waals surface area contributed by atoms with E-state index in [-0.39, 0.29) is 12.3 Å². The molecule has 3 amide bonds. The number of imide groups is 1. The van der Waals surface area contributed by atoms with E-state index >= 15 is 0 Å². The Kier molecular flexibility index (Phi) is 7.36. The molecular formula is C24H29N3O3. The van der Waals surface area contributed by atoms with Gasteiger partial charge in [0, 0.05) is 13.0 Å². The molecular weight excluding hydrogens is 378 g/mol. The molecule has 1 heterocycles. The van der Waals surface area contributed by atoms with Gasteiger partial charge in [-0.2, -0.15) is 0 Å². The Hall–Kier alpha value is -2.99. The van der Waals surface area contributed by atoms with Gasteiger partial charge in [-0.15, -0.1) is 0 Å². The fourth-order valence-electron chi connectivity index (χ4n) is 3.80. The average molecular weight is 408 g/mol. The number of carbonyl (C=O) groups excluding carboxylic acids is 3. The van der Waals surface area contributed by atoms with Crippen molar-refractivity contribution in [2.45, 2.75) is 32.7 Å². The number of fused-ring (bicyclic) bond motifs is 1. The molecule has 1 N–H and O–H groups in total. The van der Waals surface area contributed by atoms with Crippen LogP contribution in [0.5, 0.6) is 0 Å². The van der Waals surface area contributed by atoms with Gasteiger partial charge in [0.05, 0.1) is 11.1 Å². The largest absolute Gasteiger partial charge is 0.354 e. The van der Waals surface area contributed by atoms with E-state index in [1.807, 2.05) is 30.3 Å². The predicted molar refractivity (Wildman–Crippen MR) is 116 cm³/mol. The van der Waals surface area contributed by atoms with Gasteiger partial charge in [-0.3, -0.25) is 19.3 Å². The SMILES string of the molecule is CCN(CC)CCCNC(=O)[C@H](Cc1ccccc1)N1C(=O)c2ccccc2C1=O. The molecule has 3 rings (SSSR count). The second-order valence-corrected chi connectivity index (χ2v) is 7.40. The molecule has 0 aromatic heterocycles. The molecule has 0 unspecified atom stereocenters. The molecule has 158 valence electrons. The number of amides is 3. The van der Waals surface area contributed by atoms with Crippen LogP contribution < -0.4 is 5.32 Å². The van der Waals surface area contributed by atoms with Crippen LogP contribution in [-0.2, 0) is 11.2 Å². The number of benzene rings is 2. The summed E-state index contributed by atoms with van der Waals surface area (Å²) in [6, 6.07) is 15.3. The lowest BCUT2D eigenvalue weighted by atomic mass is 10.0. The Morgan fingerprint density at radius 1 is 0.933 bits per heavy atom. The van der Waals surface area contributed by atoms with Gasteiger partial charge in [0.15, 0.2) is 0 Å². The van der Waals surface area contributed by atoms with Crippen molar-refractivity contribution in [1.29, 1.82) is 0 Å². The molecule has 2 aromatic carbocycles. The highest BCUT2D eigenvalue weighted by Crippen LogP contribution is 2.26. The van der Waals surface area contributed by atoms with Crippen LogP contribution in [0.2, 0.25) is 0 Å².